The SMILES string of the molecule is OC1C=COC(COCc2ccccc2)C1. The third-order valence-electron chi connectivity index (χ3n) is 2.49. The number of hydrogen-bond acceptors (Lipinski definition) is 3. The molecule has 1 aromatic carbocycles. The Morgan fingerprint density at radius 1 is 1.31 bits per heavy atom. The Morgan fingerprint density at radius 3 is 2.88 bits per heavy atom. The van der Waals surface area contributed by atoms with Crippen LogP contribution in [0.1, 0.15) is 12.0 Å². The molecule has 1 N–H and O–H groups in total. The quantitative estimate of drug-likeness (QED) is 0.841. The number of aliphatic hydroxyl groups is 1. The minimum atomic E-state index is -0.404. The van der Waals surface area contributed by atoms with Gasteiger partial charge in [0.25, 0.3) is 0 Å². The molecule has 2 unspecified atom stereocenters. The lowest BCUT2D eigenvalue weighted by Crippen LogP contribution is -2.26. The molecule has 86 valence electrons. The highest BCUT2D eigenvalue weighted by Crippen LogP contribution is 2.12. The van der Waals surface area contributed by atoms with Gasteiger partial charge in [-0.15, -0.1) is 0 Å². The lowest BCUT2D eigenvalue weighted by Gasteiger charge is -2.22. The van der Waals surface area contributed by atoms with E-state index in [0.717, 1.165) is 5.56 Å². The van der Waals surface area contributed by atoms with Gasteiger partial charge in [0.1, 0.15) is 6.10 Å². The molecule has 0 amide bonds. The van der Waals surface area contributed by atoms with Gasteiger partial charge in [-0.25, -0.2) is 0 Å². The summed E-state index contributed by atoms with van der Waals surface area (Å²) in [4.78, 5) is 0. The van der Waals surface area contributed by atoms with Crippen LogP contribution in [0.2, 0.25) is 0 Å². The van der Waals surface area contributed by atoms with Gasteiger partial charge in [0.2, 0.25) is 0 Å². The van der Waals surface area contributed by atoms with Crippen LogP contribution in [0, 0.1) is 0 Å². The minimum Gasteiger partial charge on any atom is -0.496 e. The Morgan fingerprint density at radius 2 is 2.12 bits per heavy atom. The molecule has 16 heavy (non-hydrogen) atoms. The van der Waals surface area contributed by atoms with Crippen molar-refractivity contribution in [3.63, 3.8) is 0 Å². The predicted molar refractivity (Wildman–Crippen MR) is 60.7 cm³/mol. The molecule has 2 rings (SSSR count). The minimum absolute atomic E-state index is 0.0382. The van der Waals surface area contributed by atoms with Crippen molar-refractivity contribution >= 4 is 0 Å². The molecule has 0 aromatic heterocycles. The van der Waals surface area contributed by atoms with Gasteiger partial charge in [0, 0.05) is 6.42 Å². The fraction of sp³-hybridized carbons (Fsp3) is 0.385. The lowest BCUT2D eigenvalue weighted by atomic mass is 10.1. The highest BCUT2D eigenvalue weighted by molar-refractivity contribution is 5.13. The van der Waals surface area contributed by atoms with E-state index < -0.39 is 6.10 Å². The third-order valence-corrected chi connectivity index (χ3v) is 2.49. The van der Waals surface area contributed by atoms with Gasteiger partial charge in [-0.1, -0.05) is 30.3 Å². The highest BCUT2D eigenvalue weighted by atomic mass is 16.5. The zero-order valence-electron chi connectivity index (χ0n) is 9.08. The second-order valence-electron chi connectivity index (χ2n) is 3.89. The fourth-order valence-electron chi connectivity index (χ4n) is 1.64. The maximum atomic E-state index is 9.37. The zero-order valence-corrected chi connectivity index (χ0v) is 9.08. The topological polar surface area (TPSA) is 38.7 Å². The molecule has 1 aliphatic heterocycles. The molecule has 0 bridgehead atoms. The van der Waals surface area contributed by atoms with E-state index in [1.807, 2.05) is 30.3 Å². The van der Waals surface area contributed by atoms with Crippen molar-refractivity contribution in [1.29, 1.82) is 0 Å². The van der Waals surface area contributed by atoms with E-state index >= 15 is 0 Å². The normalized spacial score (nSPS) is 24.1. The van der Waals surface area contributed by atoms with Crippen molar-refractivity contribution in [2.75, 3.05) is 6.61 Å². The largest absolute Gasteiger partial charge is 0.496 e. The Bertz CT molecular complexity index is 334. The molecular weight excluding hydrogens is 204 g/mol. The summed E-state index contributed by atoms with van der Waals surface area (Å²) in [6, 6.07) is 10.0. The lowest BCUT2D eigenvalue weighted by molar-refractivity contribution is -0.0111. The van der Waals surface area contributed by atoms with Crippen LogP contribution in [0.4, 0.5) is 0 Å². The number of ether oxygens (including phenoxy) is 2. The summed E-state index contributed by atoms with van der Waals surface area (Å²) in [7, 11) is 0. The molecule has 0 saturated carbocycles. The number of hydrogen-bond donors (Lipinski definition) is 1. The van der Waals surface area contributed by atoms with Gasteiger partial charge in [0.15, 0.2) is 0 Å². The summed E-state index contributed by atoms with van der Waals surface area (Å²) in [5, 5.41) is 9.37. The molecule has 3 nitrogen and oxygen atoms in total. The second-order valence-corrected chi connectivity index (χ2v) is 3.89. The van der Waals surface area contributed by atoms with Crippen molar-refractivity contribution < 1.29 is 14.6 Å². The van der Waals surface area contributed by atoms with Crippen molar-refractivity contribution in [3.8, 4) is 0 Å². The molecule has 1 heterocycles. The summed E-state index contributed by atoms with van der Waals surface area (Å²) in [5.74, 6) is 0. The molecule has 1 aliphatic rings. The van der Waals surface area contributed by atoms with Gasteiger partial charge in [-0.3, -0.25) is 0 Å². The Balaban J connectivity index is 1.70. The average molecular weight is 220 g/mol. The van der Waals surface area contributed by atoms with Crippen LogP contribution in [0.5, 0.6) is 0 Å². The Labute approximate surface area is 95.3 Å². The standard InChI is InChI=1S/C13H16O3/c14-12-6-7-16-13(8-12)10-15-9-11-4-2-1-3-5-11/h1-7,12-14H,8-10H2. The molecule has 0 radical (unpaired) electrons. The monoisotopic (exact) mass is 220 g/mol. The highest BCUT2D eigenvalue weighted by Gasteiger charge is 2.17. The maximum Gasteiger partial charge on any atom is 0.124 e. The van der Waals surface area contributed by atoms with Crippen LogP contribution in [0.15, 0.2) is 42.7 Å². The van der Waals surface area contributed by atoms with E-state index in [1.54, 1.807) is 12.3 Å². The maximum absolute atomic E-state index is 9.37. The van der Waals surface area contributed by atoms with Crippen molar-refractivity contribution in [1.82, 2.24) is 0 Å². The first kappa shape index (κ1) is 11.2. The van der Waals surface area contributed by atoms with E-state index in [1.165, 1.54) is 0 Å². The van der Waals surface area contributed by atoms with Crippen LogP contribution in [0.25, 0.3) is 0 Å². The molecule has 3 heteroatoms. The molecule has 0 aliphatic carbocycles. The average Bonchev–Trinajstić information content (AvgIpc) is 2.30. The van der Waals surface area contributed by atoms with Gasteiger partial charge in [-0.2, -0.15) is 0 Å². The van der Waals surface area contributed by atoms with Crippen molar-refractivity contribution in [3.05, 3.63) is 48.2 Å². The zero-order chi connectivity index (χ0) is 11.2. The van der Waals surface area contributed by atoms with Gasteiger partial charge >= 0.3 is 0 Å². The first-order valence-electron chi connectivity index (χ1n) is 5.46. The van der Waals surface area contributed by atoms with E-state index in [0.29, 0.717) is 19.6 Å². The van der Waals surface area contributed by atoms with Crippen LogP contribution >= 0.6 is 0 Å². The van der Waals surface area contributed by atoms with Gasteiger partial charge < -0.3 is 14.6 Å². The third kappa shape index (κ3) is 3.36. The summed E-state index contributed by atoms with van der Waals surface area (Å²) in [6.07, 6.45) is 3.35. The molecule has 0 saturated heterocycles. The van der Waals surface area contributed by atoms with Gasteiger partial charge in [-0.05, 0) is 11.6 Å². The summed E-state index contributed by atoms with van der Waals surface area (Å²) < 4.78 is 10.9. The van der Waals surface area contributed by atoms with E-state index in [9.17, 15) is 5.11 Å². The molecule has 1 aromatic rings. The van der Waals surface area contributed by atoms with Crippen LogP contribution in [0.3, 0.4) is 0 Å². The smallest absolute Gasteiger partial charge is 0.124 e. The Hall–Kier alpha value is -1.32. The summed E-state index contributed by atoms with van der Waals surface area (Å²) >= 11 is 0. The predicted octanol–water partition coefficient (Wildman–Crippen LogP) is 1.87. The first-order valence-corrected chi connectivity index (χ1v) is 5.46. The van der Waals surface area contributed by atoms with Crippen LogP contribution in [-0.2, 0) is 16.1 Å². The fourth-order valence-corrected chi connectivity index (χ4v) is 1.64. The van der Waals surface area contributed by atoms with E-state index in [4.69, 9.17) is 9.47 Å². The van der Waals surface area contributed by atoms with Crippen LogP contribution < -0.4 is 0 Å². The van der Waals surface area contributed by atoms with Crippen molar-refractivity contribution in [2.45, 2.75) is 25.2 Å². The van der Waals surface area contributed by atoms with Gasteiger partial charge in [0.05, 0.1) is 25.6 Å². The van der Waals surface area contributed by atoms with Crippen molar-refractivity contribution in [2.24, 2.45) is 0 Å². The first-order chi connectivity index (χ1) is 7.84. The summed E-state index contributed by atoms with van der Waals surface area (Å²) in [5.41, 5.74) is 1.15. The number of aliphatic hydroxyl groups excluding tert-OH is 1. The summed E-state index contributed by atoms with van der Waals surface area (Å²) in [6.45, 7) is 1.09. The Kier molecular flexibility index (Phi) is 3.97. The number of benzene rings is 1. The molecule has 2 atom stereocenters. The van der Waals surface area contributed by atoms with Crippen LogP contribution in [-0.4, -0.2) is 23.9 Å². The molecule has 0 fully saturated rings. The van der Waals surface area contributed by atoms with E-state index in [-0.39, 0.29) is 6.10 Å². The molecule has 0 spiro atoms. The molecular formula is C13H16O3. The van der Waals surface area contributed by atoms with E-state index in [2.05, 4.69) is 0 Å². The second kappa shape index (κ2) is 5.68. The number of rotatable bonds is 4.